The largest absolute Gasteiger partial charge is 0.384 e. The molecule has 0 radical (unpaired) electrons. The Bertz CT molecular complexity index is 233. The molecule has 4 nitrogen and oxygen atoms in total. The highest BCUT2D eigenvalue weighted by atomic mass is 16.5. The first-order valence-corrected chi connectivity index (χ1v) is 6.67. The fourth-order valence-corrected chi connectivity index (χ4v) is 2.31. The molecule has 100 valence electrons. The SMILES string of the molecule is CCC1CCNC(C(=O)NCC(C)COC)C1. The fourth-order valence-electron chi connectivity index (χ4n) is 2.31. The summed E-state index contributed by atoms with van der Waals surface area (Å²) in [7, 11) is 1.69. The minimum Gasteiger partial charge on any atom is -0.384 e. The third-order valence-corrected chi connectivity index (χ3v) is 3.48. The van der Waals surface area contributed by atoms with Crippen LogP contribution in [0.2, 0.25) is 0 Å². The second-order valence-corrected chi connectivity index (χ2v) is 5.11. The predicted octanol–water partition coefficient (Wildman–Crippen LogP) is 1.16. The van der Waals surface area contributed by atoms with Gasteiger partial charge in [0.05, 0.1) is 12.6 Å². The lowest BCUT2D eigenvalue weighted by Gasteiger charge is -2.29. The van der Waals surface area contributed by atoms with Crippen LogP contribution >= 0.6 is 0 Å². The van der Waals surface area contributed by atoms with Crippen LogP contribution in [-0.2, 0) is 9.53 Å². The maximum Gasteiger partial charge on any atom is 0.237 e. The molecule has 1 amide bonds. The molecule has 3 unspecified atom stereocenters. The van der Waals surface area contributed by atoms with Gasteiger partial charge in [-0.1, -0.05) is 20.3 Å². The average Bonchev–Trinajstić information content (AvgIpc) is 2.36. The number of piperidine rings is 1. The maximum atomic E-state index is 12.0. The number of ether oxygens (including phenoxy) is 1. The third-order valence-electron chi connectivity index (χ3n) is 3.48. The van der Waals surface area contributed by atoms with Gasteiger partial charge in [0.1, 0.15) is 0 Å². The van der Waals surface area contributed by atoms with Crippen molar-refractivity contribution in [3.8, 4) is 0 Å². The van der Waals surface area contributed by atoms with Crippen LogP contribution in [0.15, 0.2) is 0 Å². The topological polar surface area (TPSA) is 50.4 Å². The van der Waals surface area contributed by atoms with E-state index in [0.717, 1.165) is 13.0 Å². The van der Waals surface area contributed by atoms with Gasteiger partial charge in [0.2, 0.25) is 5.91 Å². The van der Waals surface area contributed by atoms with Gasteiger partial charge in [-0.3, -0.25) is 4.79 Å². The molecule has 0 spiro atoms. The quantitative estimate of drug-likeness (QED) is 0.735. The van der Waals surface area contributed by atoms with Crippen molar-refractivity contribution in [2.75, 3.05) is 26.8 Å². The molecular formula is C13H26N2O2. The van der Waals surface area contributed by atoms with E-state index >= 15 is 0 Å². The molecule has 0 aromatic rings. The molecule has 1 rings (SSSR count). The molecule has 4 heteroatoms. The lowest BCUT2D eigenvalue weighted by molar-refractivity contribution is -0.124. The monoisotopic (exact) mass is 242 g/mol. The van der Waals surface area contributed by atoms with E-state index < -0.39 is 0 Å². The Hall–Kier alpha value is -0.610. The van der Waals surface area contributed by atoms with Gasteiger partial charge >= 0.3 is 0 Å². The molecule has 0 saturated carbocycles. The van der Waals surface area contributed by atoms with Crippen molar-refractivity contribution < 1.29 is 9.53 Å². The molecule has 1 saturated heterocycles. The average molecular weight is 242 g/mol. The Kier molecular flexibility index (Phi) is 6.52. The highest BCUT2D eigenvalue weighted by Gasteiger charge is 2.25. The number of hydrogen-bond acceptors (Lipinski definition) is 3. The van der Waals surface area contributed by atoms with Gasteiger partial charge in [-0.25, -0.2) is 0 Å². The molecule has 1 aliphatic heterocycles. The highest BCUT2D eigenvalue weighted by Crippen LogP contribution is 2.19. The zero-order valence-electron chi connectivity index (χ0n) is 11.3. The van der Waals surface area contributed by atoms with E-state index in [2.05, 4.69) is 24.5 Å². The molecule has 0 aromatic heterocycles. The van der Waals surface area contributed by atoms with E-state index in [4.69, 9.17) is 4.74 Å². The first kappa shape index (κ1) is 14.5. The molecule has 2 N–H and O–H groups in total. The van der Waals surface area contributed by atoms with Gasteiger partial charge < -0.3 is 15.4 Å². The molecule has 1 aliphatic rings. The third kappa shape index (κ3) is 5.04. The Balaban J connectivity index is 2.27. The van der Waals surface area contributed by atoms with Gasteiger partial charge in [0, 0.05) is 13.7 Å². The van der Waals surface area contributed by atoms with E-state index in [1.165, 1.54) is 12.8 Å². The summed E-state index contributed by atoms with van der Waals surface area (Å²) >= 11 is 0. The molecule has 1 heterocycles. The Morgan fingerprint density at radius 3 is 3.00 bits per heavy atom. The van der Waals surface area contributed by atoms with Crippen LogP contribution in [0.4, 0.5) is 0 Å². The van der Waals surface area contributed by atoms with E-state index in [0.29, 0.717) is 25.0 Å². The number of rotatable bonds is 6. The van der Waals surface area contributed by atoms with Gasteiger partial charge in [-0.15, -0.1) is 0 Å². The van der Waals surface area contributed by atoms with Crippen molar-refractivity contribution in [2.45, 2.75) is 39.2 Å². The standard InChI is InChI=1S/C13H26N2O2/c1-4-11-5-6-14-12(7-11)13(16)15-8-10(2)9-17-3/h10-12,14H,4-9H2,1-3H3,(H,15,16). The Morgan fingerprint density at radius 1 is 1.59 bits per heavy atom. The minimum atomic E-state index is 0.00319. The van der Waals surface area contributed by atoms with Crippen LogP contribution in [0.25, 0.3) is 0 Å². The number of nitrogens with one attached hydrogen (secondary N) is 2. The summed E-state index contributed by atoms with van der Waals surface area (Å²) in [6, 6.07) is 0.00319. The van der Waals surface area contributed by atoms with Crippen molar-refractivity contribution in [3.05, 3.63) is 0 Å². The van der Waals surface area contributed by atoms with E-state index in [1.807, 2.05) is 0 Å². The van der Waals surface area contributed by atoms with Crippen molar-refractivity contribution in [1.29, 1.82) is 0 Å². The zero-order chi connectivity index (χ0) is 12.7. The van der Waals surface area contributed by atoms with Crippen LogP contribution in [-0.4, -0.2) is 38.8 Å². The number of hydrogen-bond donors (Lipinski definition) is 2. The van der Waals surface area contributed by atoms with Crippen LogP contribution in [0, 0.1) is 11.8 Å². The summed E-state index contributed by atoms with van der Waals surface area (Å²) in [4.78, 5) is 12.0. The number of methoxy groups -OCH3 is 1. The number of carbonyl (C=O) groups is 1. The lowest BCUT2D eigenvalue weighted by atomic mass is 9.90. The molecule has 17 heavy (non-hydrogen) atoms. The minimum absolute atomic E-state index is 0.00319. The number of carbonyl (C=O) groups excluding carboxylic acids is 1. The molecular weight excluding hydrogens is 216 g/mol. The number of amides is 1. The van der Waals surface area contributed by atoms with Crippen LogP contribution < -0.4 is 10.6 Å². The normalized spacial score (nSPS) is 26.5. The molecule has 0 aliphatic carbocycles. The molecule has 1 fully saturated rings. The van der Waals surface area contributed by atoms with Crippen LogP contribution in [0.3, 0.4) is 0 Å². The van der Waals surface area contributed by atoms with Crippen molar-refractivity contribution >= 4 is 5.91 Å². The van der Waals surface area contributed by atoms with E-state index in [1.54, 1.807) is 7.11 Å². The van der Waals surface area contributed by atoms with Crippen LogP contribution in [0.1, 0.15) is 33.1 Å². The van der Waals surface area contributed by atoms with E-state index in [9.17, 15) is 4.79 Å². The first-order chi connectivity index (χ1) is 8.17. The summed E-state index contributed by atoms with van der Waals surface area (Å²) in [6.07, 6.45) is 3.34. The lowest BCUT2D eigenvalue weighted by Crippen LogP contribution is -2.49. The predicted molar refractivity (Wildman–Crippen MR) is 68.9 cm³/mol. The first-order valence-electron chi connectivity index (χ1n) is 6.67. The van der Waals surface area contributed by atoms with Gasteiger partial charge in [0.15, 0.2) is 0 Å². The van der Waals surface area contributed by atoms with E-state index in [-0.39, 0.29) is 11.9 Å². The van der Waals surface area contributed by atoms with Crippen molar-refractivity contribution in [3.63, 3.8) is 0 Å². The molecule has 0 bridgehead atoms. The second-order valence-electron chi connectivity index (χ2n) is 5.11. The summed E-state index contributed by atoms with van der Waals surface area (Å²) < 4.78 is 5.05. The van der Waals surface area contributed by atoms with Gasteiger partial charge in [-0.05, 0) is 31.2 Å². The second kappa shape index (κ2) is 7.67. The Morgan fingerprint density at radius 2 is 2.35 bits per heavy atom. The van der Waals surface area contributed by atoms with Crippen molar-refractivity contribution in [2.24, 2.45) is 11.8 Å². The zero-order valence-corrected chi connectivity index (χ0v) is 11.3. The van der Waals surface area contributed by atoms with Gasteiger partial charge in [-0.2, -0.15) is 0 Å². The summed E-state index contributed by atoms with van der Waals surface area (Å²) in [5.74, 6) is 1.21. The maximum absolute atomic E-state index is 12.0. The van der Waals surface area contributed by atoms with Crippen molar-refractivity contribution in [1.82, 2.24) is 10.6 Å². The van der Waals surface area contributed by atoms with Crippen LogP contribution in [0.5, 0.6) is 0 Å². The summed E-state index contributed by atoms with van der Waals surface area (Å²) in [6.45, 7) is 6.63. The molecule has 3 atom stereocenters. The Labute approximate surface area is 104 Å². The highest BCUT2D eigenvalue weighted by molar-refractivity contribution is 5.81. The van der Waals surface area contributed by atoms with Gasteiger partial charge in [0.25, 0.3) is 0 Å². The smallest absolute Gasteiger partial charge is 0.237 e. The summed E-state index contributed by atoms with van der Waals surface area (Å²) in [5, 5.41) is 6.30. The molecule has 0 aromatic carbocycles. The summed E-state index contributed by atoms with van der Waals surface area (Å²) in [5.41, 5.74) is 0. The fraction of sp³-hybridized carbons (Fsp3) is 0.923.